The van der Waals surface area contributed by atoms with Crippen molar-refractivity contribution in [1.82, 2.24) is 9.80 Å². The van der Waals surface area contributed by atoms with E-state index >= 15 is 0 Å². The number of amides is 2. The number of halogens is 4. The predicted octanol–water partition coefficient (Wildman–Crippen LogP) is -2.63. The molecule has 0 saturated heterocycles. The topological polar surface area (TPSA) is 102 Å². The Bertz CT molecular complexity index is 424. The van der Waals surface area contributed by atoms with E-state index < -0.39 is 17.6 Å². The molecule has 0 aliphatic heterocycles. The summed E-state index contributed by atoms with van der Waals surface area (Å²) < 4.78 is 12.9. The molecular weight excluding hydrogens is 572 g/mol. The molecule has 0 bridgehead atoms. The molecule has 0 saturated carbocycles. The fraction of sp³-hybridized carbons (Fsp3) is 0.667. The molecule has 2 amide bonds. The summed E-state index contributed by atoms with van der Waals surface area (Å²) in [5.74, 6) is 0.0896. The normalized spacial score (nSPS) is 7.85. The van der Waals surface area contributed by atoms with E-state index in [2.05, 4.69) is 25.8 Å². The summed E-state index contributed by atoms with van der Waals surface area (Å²) in [5, 5.41) is -0.0587. The van der Waals surface area contributed by atoms with Crippen molar-refractivity contribution in [3.63, 3.8) is 0 Å². The molecule has 0 spiro atoms. The smallest absolute Gasteiger partial charge is 1.00 e. The van der Waals surface area contributed by atoms with Crippen molar-refractivity contribution in [3.05, 3.63) is 0 Å². The number of hydrogen-bond acceptors (Lipinski definition) is 8. The Balaban J connectivity index is -0.0000000903. The van der Waals surface area contributed by atoms with Crippen LogP contribution in [0.1, 0.15) is 6.92 Å². The van der Waals surface area contributed by atoms with Gasteiger partial charge in [-0.3, -0.25) is 4.79 Å². The Morgan fingerprint density at radius 3 is 1.41 bits per heavy atom. The van der Waals surface area contributed by atoms with E-state index in [9.17, 15) is 19.2 Å². The fourth-order valence-corrected chi connectivity index (χ4v) is 1.14. The molecule has 0 aliphatic rings. The summed E-state index contributed by atoms with van der Waals surface area (Å²) in [6, 6.07) is -0.265. The van der Waals surface area contributed by atoms with Gasteiger partial charge in [0.1, 0.15) is 5.94 Å². The molecule has 0 unspecified atom stereocenters. The fourth-order valence-electron chi connectivity index (χ4n) is 0.511. The minimum Gasteiger partial charge on any atom is -1.00 e. The average molecular weight is 594 g/mol. The van der Waals surface area contributed by atoms with Gasteiger partial charge in [-0.05, 0) is 11.8 Å². The van der Waals surface area contributed by atoms with Crippen molar-refractivity contribution in [1.29, 1.82) is 0 Å². The standard InChI is InChI=1S/C6H11NO3S.C4H8ClNO2.C2H2Cl2O2.HI.Na/c1-5(8)11-4-10-6(9)7(2)3;1-6(2)4(7)8-3-5;3-1-6-2(4)5;;/h4H2,1-3H3;3H2,1-2H3;1H2;1H;/q;;;;+1/p-1. The van der Waals surface area contributed by atoms with Gasteiger partial charge in [0, 0.05) is 46.7 Å². The zero-order chi connectivity index (χ0) is 20.4. The van der Waals surface area contributed by atoms with E-state index in [0.717, 1.165) is 11.8 Å². The second kappa shape index (κ2) is 26.6. The van der Waals surface area contributed by atoms with Gasteiger partial charge in [0.05, 0.1) is 0 Å². The Morgan fingerprint density at radius 1 is 0.852 bits per heavy atom. The summed E-state index contributed by atoms with van der Waals surface area (Å²) in [6.07, 6.45) is -0.848. The molecule has 0 atom stereocenters. The van der Waals surface area contributed by atoms with Crippen LogP contribution in [-0.4, -0.2) is 78.8 Å². The first-order chi connectivity index (χ1) is 11.5. The Kier molecular flexibility index (Phi) is 37.7. The van der Waals surface area contributed by atoms with E-state index in [1.807, 2.05) is 0 Å². The van der Waals surface area contributed by atoms with Gasteiger partial charge in [0.15, 0.2) is 17.2 Å². The van der Waals surface area contributed by atoms with Crippen molar-refractivity contribution in [2.45, 2.75) is 6.92 Å². The summed E-state index contributed by atoms with van der Waals surface area (Å²) in [4.78, 5) is 43.5. The second-order valence-electron chi connectivity index (χ2n) is 3.96. The quantitative estimate of drug-likeness (QED) is 0.0872. The van der Waals surface area contributed by atoms with Crippen LogP contribution in [0.4, 0.5) is 14.4 Å². The Morgan fingerprint density at radius 2 is 1.22 bits per heavy atom. The summed E-state index contributed by atoms with van der Waals surface area (Å²) in [5.41, 5.74) is -0.870. The van der Waals surface area contributed by atoms with Gasteiger partial charge in [0.2, 0.25) is 0 Å². The monoisotopic (exact) mass is 592 g/mol. The van der Waals surface area contributed by atoms with Crippen molar-refractivity contribution in [2.24, 2.45) is 0 Å². The van der Waals surface area contributed by atoms with E-state index in [-0.39, 0.29) is 76.7 Å². The number of carbonyl (C=O) groups excluding carboxylic acids is 4. The van der Waals surface area contributed by atoms with Crippen molar-refractivity contribution in [2.75, 3.05) is 46.3 Å². The SMILES string of the molecule is CC(=O)SCOC(=O)N(C)C.CN(C)C(=O)OCCl.O=C(Cl)OCCl.[I-].[Na+]. The maximum Gasteiger partial charge on any atom is 1.00 e. The van der Waals surface area contributed by atoms with Gasteiger partial charge in [-0.2, -0.15) is 0 Å². The van der Waals surface area contributed by atoms with E-state index in [0.29, 0.717) is 0 Å². The maximum absolute atomic E-state index is 10.7. The largest absolute Gasteiger partial charge is 1.00 e. The van der Waals surface area contributed by atoms with Gasteiger partial charge < -0.3 is 48.0 Å². The molecule has 0 aromatic heterocycles. The zero-order valence-corrected chi connectivity index (χ0v) is 23.0. The number of nitrogens with zero attached hydrogens (tertiary/aromatic N) is 2. The van der Waals surface area contributed by atoms with Gasteiger partial charge in [0.25, 0.3) is 0 Å². The number of alkyl halides is 2. The van der Waals surface area contributed by atoms with Crippen LogP contribution >= 0.6 is 46.6 Å². The first kappa shape index (κ1) is 38.3. The molecule has 0 rings (SSSR count). The van der Waals surface area contributed by atoms with Crippen molar-refractivity contribution in [3.8, 4) is 0 Å². The third-order valence-corrected chi connectivity index (χ3v) is 2.49. The number of hydrogen-bond donors (Lipinski definition) is 0. The molecule has 15 heteroatoms. The maximum atomic E-state index is 10.7. The minimum absolute atomic E-state index is 0. The predicted molar refractivity (Wildman–Crippen MR) is 97.2 cm³/mol. The van der Waals surface area contributed by atoms with Crippen LogP contribution in [0.3, 0.4) is 0 Å². The summed E-state index contributed by atoms with van der Waals surface area (Å²) in [7, 11) is 6.35. The molecule has 27 heavy (non-hydrogen) atoms. The molecular formula is C12H21Cl3IN2NaO7S. The number of ether oxygens (including phenoxy) is 3. The molecule has 0 aromatic rings. The van der Waals surface area contributed by atoms with Crippen LogP contribution in [0, 0.1) is 0 Å². The van der Waals surface area contributed by atoms with Crippen LogP contribution in [0.25, 0.3) is 0 Å². The van der Waals surface area contributed by atoms with Gasteiger partial charge in [-0.15, -0.1) is 0 Å². The van der Waals surface area contributed by atoms with Crippen molar-refractivity contribution < 1.29 is 86.9 Å². The van der Waals surface area contributed by atoms with E-state index in [1.54, 1.807) is 28.2 Å². The van der Waals surface area contributed by atoms with Crippen LogP contribution in [-0.2, 0) is 19.0 Å². The van der Waals surface area contributed by atoms with Gasteiger partial charge in [-0.1, -0.05) is 23.2 Å². The third-order valence-electron chi connectivity index (χ3n) is 1.52. The molecule has 0 fully saturated rings. The van der Waals surface area contributed by atoms with Crippen LogP contribution < -0.4 is 53.5 Å². The number of carbonyl (C=O) groups is 4. The molecule has 0 radical (unpaired) electrons. The molecule has 0 heterocycles. The second-order valence-corrected chi connectivity index (χ2v) is 5.81. The zero-order valence-electron chi connectivity index (χ0n) is 15.8. The summed E-state index contributed by atoms with van der Waals surface area (Å²) >= 11 is 15.5. The number of thioether (sulfide) groups is 1. The molecule has 0 aliphatic carbocycles. The summed E-state index contributed by atoms with van der Waals surface area (Å²) in [6.45, 7) is 1.42. The van der Waals surface area contributed by atoms with Gasteiger partial charge >= 0.3 is 47.2 Å². The first-order valence-electron chi connectivity index (χ1n) is 6.25. The molecule has 156 valence electrons. The van der Waals surface area contributed by atoms with E-state index in [1.165, 1.54) is 16.7 Å². The minimum atomic E-state index is -0.870. The van der Waals surface area contributed by atoms with E-state index in [4.69, 9.17) is 23.2 Å². The average Bonchev–Trinajstić information content (AvgIpc) is 2.47. The van der Waals surface area contributed by atoms with Crippen LogP contribution in [0.15, 0.2) is 0 Å². The molecule has 9 nitrogen and oxygen atoms in total. The Hall–Kier alpha value is 0.630. The number of rotatable bonds is 4. The van der Waals surface area contributed by atoms with Gasteiger partial charge in [-0.25, -0.2) is 14.4 Å². The van der Waals surface area contributed by atoms with Crippen molar-refractivity contribution >= 4 is 69.3 Å². The Labute approximate surface area is 217 Å². The molecule has 0 aromatic carbocycles. The molecule has 0 N–H and O–H groups in total. The first-order valence-corrected chi connectivity index (χ1v) is 8.68. The van der Waals surface area contributed by atoms with Crippen LogP contribution in [0.2, 0.25) is 0 Å². The third kappa shape index (κ3) is 38.0. The van der Waals surface area contributed by atoms with Crippen LogP contribution in [0.5, 0.6) is 0 Å².